The van der Waals surface area contributed by atoms with Crippen molar-refractivity contribution >= 4 is 34.6 Å². The van der Waals surface area contributed by atoms with Gasteiger partial charge in [0, 0.05) is 12.1 Å². The lowest BCUT2D eigenvalue weighted by molar-refractivity contribution is -0.384. The number of nitrogens with zero attached hydrogens (tertiary/aromatic N) is 1. The summed E-state index contributed by atoms with van der Waals surface area (Å²) in [5.74, 6) is 3.37. The maximum absolute atomic E-state index is 13.1. The molecule has 0 fully saturated rings. The third kappa shape index (κ3) is 5.12. The van der Waals surface area contributed by atoms with Gasteiger partial charge < -0.3 is 4.52 Å². The monoisotopic (exact) mass is 435 g/mol. The number of non-ortho nitro benzene ring substituents is 1. The lowest BCUT2D eigenvalue weighted by atomic mass is 10.2. The van der Waals surface area contributed by atoms with Crippen LogP contribution in [-0.4, -0.2) is 19.1 Å². The number of benzene rings is 1. The van der Waals surface area contributed by atoms with Gasteiger partial charge in [-0.3, -0.25) is 10.1 Å². The van der Waals surface area contributed by atoms with E-state index in [0.717, 1.165) is 23.5 Å². The molecule has 10 nitrogen and oxygen atoms in total. The van der Waals surface area contributed by atoms with Crippen molar-refractivity contribution in [1.82, 2.24) is 4.72 Å². The van der Waals surface area contributed by atoms with Gasteiger partial charge in [0.25, 0.3) is 15.7 Å². The van der Waals surface area contributed by atoms with E-state index in [1.165, 1.54) is 18.2 Å². The standard InChI is InChI=1S/C14H18N3O7PS2/c1-10(2)14(16-27(21,22)13-4-3-9-26-13)25(20,24-15)23-12-7-5-11(6-8-12)17(18)19/h3-10,14,16H,15H2,1-2H3. The third-order valence-electron chi connectivity index (χ3n) is 3.44. The summed E-state index contributed by atoms with van der Waals surface area (Å²) in [5.41, 5.74) is -0.190. The van der Waals surface area contributed by atoms with Crippen LogP contribution >= 0.6 is 18.9 Å². The predicted octanol–water partition coefficient (Wildman–Crippen LogP) is 3.08. The summed E-state index contributed by atoms with van der Waals surface area (Å²) < 4.78 is 50.4. The van der Waals surface area contributed by atoms with Crippen molar-refractivity contribution in [2.45, 2.75) is 23.8 Å². The highest BCUT2D eigenvalue weighted by molar-refractivity contribution is 7.91. The quantitative estimate of drug-likeness (QED) is 0.346. The van der Waals surface area contributed by atoms with Crippen LogP contribution in [0.15, 0.2) is 46.0 Å². The van der Waals surface area contributed by atoms with Crippen LogP contribution in [0.5, 0.6) is 5.75 Å². The van der Waals surface area contributed by atoms with Gasteiger partial charge in [-0.15, -0.1) is 11.3 Å². The maximum atomic E-state index is 13.1. The molecule has 2 aromatic rings. The van der Waals surface area contributed by atoms with Crippen molar-refractivity contribution < 1.29 is 27.1 Å². The molecular weight excluding hydrogens is 417 g/mol. The number of rotatable bonds is 9. The zero-order valence-corrected chi connectivity index (χ0v) is 16.9. The molecule has 0 amide bonds. The molecule has 2 rings (SSSR count). The van der Waals surface area contributed by atoms with E-state index in [1.807, 2.05) is 0 Å². The minimum Gasteiger partial charge on any atom is -0.422 e. The highest BCUT2D eigenvalue weighted by Gasteiger charge is 2.42. The van der Waals surface area contributed by atoms with E-state index in [0.29, 0.717) is 0 Å². The second-order valence-corrected chi connectivity index (χ2v) is 10.6. The lowest BCUT2D eigenvalue weighted by Gasteiger charge is -2.28. The summed E-state index contributed by atoms with van der Waals surface area (Å²) in [5, 5.41) is 12.3. The molecule has 1 aromatic heterocycles. The van der Waals surface area contributed by atoms with Gasteiger partial charge in [0.1, 0.15) is 15.7 Å². The number of nitro groups is 1. The Balaban J connectivity index is 2.31. The molecule has 27 heavy (non-hydrogen) atoms. The number of hydrogen-bond donors (Lipinski definition) is 2. The summed E-state index contributed by atoms with van der Waals surface area (Å²) >= 11 is 0.993. The molecule has 0 bridgehead atoms. The second kappa shape index (κ2) is 8.46. The Morgan fingerprint density at radius 1 is 1.26 bits per heavy atom. The minimum atomic E-state index is -4.20. The van der Waals surface area contributed by atoms with Crippen LogP contribution in [-0.2, 0) is 19.2 Å². The largest absolute Gasteiger partial charge is 0.422 e. The first-order chi connectivity index (χ1) is 12.6. The van der Waals surface area contributed by atoms with Crippen LogP contribution in [0, 0.1) is 16.0 Å². The molecule has 3 N–H and O–H groups in total. The molecule has 0 saturated heterocycles. The van der Waals surface area contributed by atoms with Gasteiger partial charge >= 0.3 is 7.60 Å². The lowest BCUT2D eigenvalue weighted by Crippen LogP contribution is -2.40. The highest BCUT2D eigenvalue weighted by Crippen LogP contribution is 2.53. The maximum Gasteiger partial charge on any atom is 0.413 e. The average molecular weight is 435 g/mol. The Labute approximate surface area is 160 Å². The zero-order valence-electron chi connectivity index (χ0n) is 14.3. The van der Waals surface area contributed by atoms with Crippen LogP contribution in [0.1, 0.15) is 13.8 Å². The minimum absolute atomic E-state index is 0.0182. The summed E-state index contributed by atoms with van der Waals surface area (Å²) in [6, 6.07) is 7.70. The van der Waals surface area contributed by atoms with Crippen molar-refractivity contribution in [3.63, 3.8) is 0 Å². The van der Waals surface area contributed by atoms with Crippen LogP contribution < -0.4 is 15.1 Å². The van der Waals surface area contributed by atoms with Gasteiger partial charge in [-0.1, -0.05) is 19.9 Å². The molecule has 0 aliphatic rings. The Morgan fingerprint density at radius 2 is 1.89 bits per heavy atom. The second-order valence-electron chi connectivity index (χ2n) is 5.73. The van der Waals surface area contributed by atoms with E-state index in [9.17, 15) is 23.1 Å². The SMILES string of the molecule is CC(C)C(NS(=O)(=O)c1cccs1)P(=O)(ON)Oc1ccc([N+](=O)[O-])cc1. The number of sulfonamides is 1. The summed E-state index contributed by atoms with van der Waals surface area (Å²) in [6.45, 7) is 3.24. The molecule has 2 unspecified atom stereocenters. The van der Waals surface area contributed by atoms with Crippen LogP contribution in [0.25, 0.3) is 0 Å². The Kier molecular flexibility index (Phi) is 6.73. The van der Waals surface area contributed by atoms with Gasteiger partial charge in [-0.25, -0.2) is 23.5 Å². The summed E-state index contributed by atoms with van der Waals surface area (Å²) in [4.78, 5) is 10.1. The molecule has 1 aromatic carbocycles. The van der Waals surface area contributed by atoms with Gasteiger partial charge in [0.2, 0.25) is 0 Å². The van der Waals surface area contributed by atoms with Crippen molar-refractivity contribution in [1.29, 1.82) is 0 Å². The van der Waals surface area contributed by atoms with Crippen molar-refractivity contribution in [2.24, 2.45) is 11.8 Å². The third-order valence-corrected chi connectivity index (χ3v) is 8.61. The van der Waals surface area contributed by atoms with E-state index in [2.05, 4.69) is 9.35 Å². The Morgan fingerprint density at radius 3 is 2.33 bits per heavy atom. The van der Waals surface area contributed by atoms with Gasteiger partial charge in [-0.2, -0.15) is 4.72 Å². The van der Waals surface area contributed by atoms with E-state index >= 15 is 0 Å². The summed E-state index contributed by atoms with van der Waals surface area (Å²) in [6.07, 6.45) is 0. The fourth-order valence-electron chi connectivity index (χ4n) is 2.12. The molecule has 13 heteroatoms. The first-order valence-electron chi connectivity index (χ1n) is 7.57. The number of hydrogen-bond acceptors (Lipinski definition) is 9. The molecule has 1 heterocycles. The average Bonchev–Trinajstić information content (AvgIpc) is 3.15. The predicted molar refractivity (Wildman–Crippen MR) is 99.9 cm³/mol. The molecular formula is C14H18N3O7PS2. The number of nitrogens with one attached hydrogen (secondary N) is 1. The Bertz CT molecular complexity index is 930. The molecule has 0 saturated carbocycles. The molecule has 0 aliphatic heterocycles. The van der Waals surface area contributed by atoms with Gasteiger partial charge in [0.05, 0.1) is 4.92 Å². The normalized spacial score (nSPS) is 15.3. The topological polar surface area (TPSA) is 151 Å². The van der Waals surface area contributed by atoms with Gasteiger partial charge in [-0.05, 0) is 29.5 Å². The van der Waals surface area contributed by atoms with Crippen molar-refractivity contribution in [2.75, 3.05) is 0 Å². The molecule has 148 valence electrons. The van der Waals surface area contributed by atoms with Crippen LogP contribution in [0.2, 0.25) is 0 Å². The zero-order chi connectivity index (χ0) is 20.2. The van der Waals surface area contributed by atoms with Crippen LogP contribution in [0.3, 0.4) is 0 Å². The van der Waals surface area contributed by atoms with E-state index < -0.39 is 34.2 Å². The van der Waals surface area contributed by atoms with E-state index in [1.54, 1.807) is 25.3 Å². The van der Waals surface area contributed by atoms with Crippen molar-refractivity contribution in [3.05, 3.63) is 51.9 Å². The molecule has 2 atom stereocenters. The highest BCUT2D eigenvalue weighted by atomic mass is 32.2. The molecule has 0 radical (unpaired) electrons. The Hall–Kier alpha value is -1.82. The van der Waals surface area contributed by atoms with Crippen LogP contribution in [0.4, 0.5) is 5.69 Å². The molecule has 0 aliphatic carbocycles. The molecule has 0 spiro atoms. The number of nitro benzene ring substituents is 1. The van der Waals surface area contributed by atoms with E-state index in [-0.39, 0.29) is 15.6 Å². The first-order valence-corrected chi connectivity index (χ1v) is 11.5. The fraction of sp³-hybridized carbons (Fsp3) is 0.286. The smallest absolute Gasteiger partial charge is 0.413 e. The van der Waals surface area contributed by atoms with Crippen molar-refractivity contribution in [3.8, 4) is 5.75 Å². The summed E-state index contributed by atoms with van der Waals surface area (Å²) in [7, 11) is -8.18. The van der Waals surface area contributed by atoms with E-state index in [4.69, 9.17) is 10.4 Å². The first kappa shape index (κ1) is 21.5. The fourth-order valence-corrected chi connectivity index (χ4v) is 6.72. The van der Waals surface area contributed by atoms with Gasteiger partial charge in [0.15, 0.2) is 0 Å². The number of nitrogens with two attached hydrogens (primary N) is 1. The number of thiophene rings is 1.